The monoisotopic (exact) mass is 661 g/mol. The highest BCUT2D eigenvalue weighted by Crippen LogP contribution is 2.23. The van der Waals surface area contributed by atoms with Crippen LogP contribution in [0.25, 0.3) is 0 Å². The highest BCUT2D eigenvalue weighted by Gasteiger charge is 2.44. The SMILES string of the molecule is CCCC/C=C\CCCCCC(O)C(=O)NC(COC1OC(CO)C(O)C(O)C1O)C(O)C(O)CCCCCCCCCCCC. The van der Waals surface area contributed by atoms with Crippen molar-refractivity contribution in [3.63, 3.8) is 0 Å². The van der Waals surface area contributed by atoms with Gasteiger partial charge < -0.3 is 50.5 Å². The summed E-state index contributed by atoms with van der Waals surface area (Å²) in [7, 11) is 0. The molecular formula is C35H67NO10. The van der Waals surface area contributed by atoms with E-state index in [1.807, 2.05) is 0 Å². The molecule has 0 aromatic heterocycles. The third kappa shape index (κ3) is 17.8. The van der Waals surface area contributed by atoms with E-state index in [1.165, 1.54) is 51.4 Å². The van der Waals surface area contributed by atoms with E-state index in [1.54, 1.807) is 0 Å². The van der Waals surface area contributed by atoms with E-state index in [0.29, 0.717) is 19.3 Å². The second kappa shape index (κ2) is 26.8. The zero-order chi connectivity index (χ0) is 34.2. The standard InChI is InChI=1S/C35H67NO10/c1-3-5-7-9-11-13-15-16-18-20-22-27(38)30(40)26(25-45-35-33(43)32(42)31(41)29(24-37)46-35)36-34(44)28(39)23-21-19-17-14-12-10-8-6-4-2/h10,12,26-33,35,37-43H,3-9,11,13-25H2,1-2H3,(H,36,44)/b12-10-. The van der Waals surface area contributed by atoms with Crippen LogP contribution < -0.4 is 5.32 Å². The predicted molar refractivity (Wildman–Crippen MR) is 178 cm³/mol. The minimum Gasteiger partial charge on any atom is -0.394 e. The lowest BCUT2D eigenvalue weighted by Gasteiger charge is -2.40. The molecule has 0 bridgehead atoms. The van der Waals surface area contributed by atoms with Gasteiger partial charge in [0.15, 0.2) is 6.29 Å². The average Bonchev–Trinajstić information content (AvgIpc) is 3.05. The van der Waals surface area contributed by atoms with Crippen molar-refractivity contribution in [2.75, 3.05) is 13.2 Å². The molecule has 11 heteroatoms. The Labute approximate surface area is 277 Å². The van der Waals surface area contributed by atoms with Gasteiger partial charge in [-0.3, -0.25) is 4.79 Å². The molecule has 9 atom stereocenters. The van der Waals surface area contributed by atoms with Crippen LogP contribution in [-0.4, -0.2) is 110 Å². The summed E-state index contributed by atoms with van der Waals surface area (Å²) >= 11 is 0. The molecule has 1 amide bonds. The summed E-state index contributed by atoms with van der Waals surface area (Å²) in [6.45, 7) is 3.30. The number of hydrogen-bond donors (Lipinski definition) is 8. The van der Waals surface area contributed by atoms with Crippen molar-refractivity contribution in [2.24, 2.45) is 0 Å². The van der Waals surface area contributed by atoms with Gasteiger partial charge in [-0.25, -0.2) is 0 Å². The molecular weight excluding hydrogens is 594 g/mol. The van der Waals surface area contributed by atoms with Gasteiger partial charge in [-0.1, -0.05) is 116 Å². The van der Waals surface area contributed by atoms with Crippen LogP contribution in [0.1, 0.15) is 136 Å². The van der Waals surface area contributed by atoms with Crippen LogP contribution in [0.4, 0.5) is 0 Å². The highest BCUT2D eigenvalue weighted by molar-refractivity contribution is 5.80. The number of aliphatic hydroxyl groups is 7. The maximum Gasteiger partial charge on any atom is 0.249 e. The topological polar surface area (TPSA) is 189 Å². The Morgan fingerprint density at radius 2 is 1.28 bits per heavy atom. The molecule has 9 unspecified atom stereocenters. The average molecular weight is 662 g/mol. The lowest BCUT2D eigenvalue weighted by Crippen LogP contribution is -2.60. The van der Waals surface area contributed by atoms with Crippen molar-refractivity contribution >= 4 is 5.91 Å². The molecule has 1 rings (SSSR count). The van der Waals surface area contributed by atoms with Crippen molar-refractivity contribution in [1.29, 1.82) is 0 Å². The molecule has 0 aliphatic carbocycles. The zero-order valence-corrected chi connectivity index (χ0v) is 28.6. The summed E-state index contributed by atoms with van der Waals surface area (Å²) in [5.41, 5.74) is 0. The normalized spacial score (nSPS) is 24.6. The number of carbonyl (C=O) groups is 1. The molecule has 1 saturated heterocycles. The van der Waals surface area contributed by atoms with Crippen molar-refractivity contribution in [2.45, 2.75) is 191 Å². The molecule has 1 aliphatic rings. The van der Waals surface area contributed by atoms with Crippen molar-refractivity contribution in [1.82, 2.24) is 5.32 Å². The zero-order valence-electron chi connectivity index (χ0n) is 28.6. The van der Waals surface area contributed by atoms with Gasteiger partial charge in [0.1, 0.15) is 36.6 Å². The smallest absolute Gasteiger partial charge is 0.249 e. The second-order valence-corrected chi connectivity index (χ2v) is 12.9. The number of rotatable bonds is 28. The van der Waals surface area contributed by atoms with E-state index in [9.17, 15) is 40.5 Å². The quantitative estimate of drug-likeness (QED) is 0.0456. The number of unbranched alkanes of at least 4 members (excludes halogenated alkanes) is 14. The Hall–Kier alpha value is -1.15. The van der Waals surface area contributed by atoms with Crippen LogP contribution in [0.15, 0.2) is 12.2 Å². The molecule has 8 N–H and O–H groups in total. The first kappa shape index (κ1) is 42.9. The number of allylic oxidation sites excluding steroid dienone is 2. The molecule has 0 aromatic carbocycles. The lowest BCUT2D eigenvalue weighted by molar-refractivity contribution is -0.303. The maximum atomic E-state index is 12.9. The fourth-order valence-corrected chi connectivity index (χ4v) is 5.65. The van der Waals surface area contributed by atoms with Crippen LogP contribution in [-0.2, 0) is 14.3 Å². The fourth-order valence-electron chi connectivity index (χ4n) is 5.65. The number of hydrogen-bond acceptors (Lipinski definition) is 10. The number of ether oxygens (including phenoxy) is 2. The molecule has 1 heterocycles. The summed E-state index contributed by atoms with van der Waals surface area (Å²) in [6, 6.07) is -1.17. The first-order valence-corrected chi connectivity index (χ1v) is 18.1. The second-order valence-electron chi connectivity index (χ2n) is 12.9. The maximum absolute atomic E-state index is 12.9. The summed E-state index contributed by atoms with van der Waals surface area (Å²) in [6.07, 6.45) is 11.5. The van der Waals surface area contributed by atoms with Crippen LogP contribution >= 0.6 is 0 Å². The minimum absolute atomic E-state index is 0.239. The molecule has 1 fully saturated rings. The van der Waals surface area contributed by atoms with E-state index in [0.717, 1.165) is 44.9 Å². The highest BCUT2D eigenvalue weighted by atomic mass is 16.7. The number of carbonyl (C=O) groups excluding carboxylic acids is 1. The third-order valence-electron chi connectivity index (χ3n) is 8.82. The molecule has 0 aromatic rings. The van der Waals surface area contributed by atoms with Crippen LogP contribution in [0.2, 0.25) is 0 Å². The van der Waals surface area contributed by atoms with E-state index in [2.05, 4.69) is 31.3 Å². The molecule has 0 radical (unpaired) electrons. The first-order valence-electron chi connectivity index (χ1n) is 18.1. The van der Waals surface area contributed by atoms with Gasteiger partial charge in [-0.05, 0) is 32.1 Å². The number of nitrogens with one attached hydrogen (secondary N) is 1. The first-order chi connectivity index (χ1) is 22.2. The van der Waals surface area contributed by atoms with E-state index in [-0.39, 0.29) is 6.42 Å². The predicted octanol–water partition coefficient (Wildman–Crippen LogP) is 3.38. The van der Waals surface area contributed by atoms with Crippen molar-refractivity contribution < 1.29 is 50.0 Å². The Morgan fingerprint density at radius 3 is 1.89 bits per heavy atom. The largest absolute Gasteiger partial charge is 0.394 e. The van der Waals surface area contributed by atoms with Gasteiger partial charge in [-0.2, -0.15) is 0 Å². The molecule has 11 nitrogen and oxygen atoms in total. The van der Waals surface area contributed by atoms with Gasteiger partial charge in [0.2, 0.25) is 5.91 Å². The third-order valence-corrected chi connectivity index (χ3v) is 8.82. The molecule has 0 saturated carbocycles. The van der Waals surface area contributed by atoms with Crippen molar-refractivity contribution in [3.05, 3.63) is 12.2 Å². The summed E-state index contributed by atoms with van der Waals surface area (Å²) in [5, 5.41) is 74.8. The van der Waals surface area contributed by atoms with E-state index >= 15 is 0 Å². The van der Waals surface area contributed by atoms with Crippen molar-refractivity contribution in [3.8, 4) is 0 Å². The van der Waals surface area contributed by atoms with Gasteiger partial charge >= 0.3 is 0 Å². The molecule has 0 spiro atoms. The Kier molecular flexibility index (Phi) is 24.9. The van der Waals surface area contributed by atoms with Crippen LogP contribution in [0.3, 0.4) is 0 Å². The van der Waals surface area contributed by atoms with Gasteiger partial charge in [0, 0.05) is 0 Å². The number of amides is 1. The molecule has 272 valence electrons. The summed E-state index contributed by atoms with van der Waals surface area (Å²) in [5.74, 6) is -0.716. The Balaban J connectivity index is 2.64. The van der Waals surface area contributed by atoms with Gasteiger partial charge in [0.25, 0.3) is 0 Å². The molecule has 46 heavy (non-hydrogen) atoms. The van der Waals surface area contributed by atoms with E-state index < -0.39 is 74.2 Å². The van der Waals surface area contributed by atoms with Gasteiger partial charge in [0.05, 0.1) is 25.4 Å². The van der Waals surface area contributed by atoms with Crippen LogP contribution in [0.5, 0.6) is 0 Å². The lowest BCUT2D eigenvalue weighted by atomic mass is 9.98. The summed E-state index contributed by atoms with van der Waals surface area (Å²) in [4.78, 5) is 12.9. The molecule has 1 aliphatic heterocycles. The Bertz CT molecular complexity index is 770. The summed E-state index contributed by atoms with van der Waals surface area (Å²) < 4.78 is 11.0. The Morgan fingerprint density at radius 1 is 0.739 bits per heavy atom. The van der Waals surface area contributed by atoms with Crippen LogP contribution in [0, 0.1) is 0 Å². The minimum atomic E-state index is -1.66. The van der Waals surface area contributed by atoms with Gasteiger partial charge in [-0.15, -0.1) is 0 Å². The fraction of sp³-hybridized carbons (Fsp3) is 0.914. The number of aliphatic hydroxyl groups excluding tert-OH is 7. The van der Waals surface area contributed by atoms with E-state index in [4.69, 9.17) is 9.47 Å².